The molecule has 0 atom stereocenters. The minimum absolute atomic E-state index is 0.547. The Kier molecular flexibility index (Phi) is 3.20. The van der Waals surface area contributed by atoms with Gasteiger partial charge in [-0.25, -0.2) is 0 Å². The molecule has 3 heteroatoms. The highest BCUT2D eigenvalue weighted by Crippen LogP contribution is 2.40. The first-order valence-electron chi connectivity index (χ1n) is 7.10. The van der Waals surface area contributed by atoms with E-state index in [1.807, 2.05) is 0 Å². The van der Waals surface area contributed by atoms with Gasteiger partial charge in [0.05, 0.1) is 14.2 Å². The van der Waals surface area contributed by atoms with Crippen molar-refractivity contribution in [3.63, 3.8) is 0 Å². The molecule has 2 aromatic rings. The van der Waals surface area contributed by atoms with Crippen LogP contribution in [0.2, 0.25) is 0 Å². The number of aryl methyl sites for hydroxylation is 1. The molecule has 0 radical (unpaired) electrons. The number of ether oxygens (including phenoxy) is 2. The monoisotopic (exact) mass is 271 g/mol. The van der Waals surface area contributed by atoms with Crippen LogP contribution in [0.15, 0.2) is 24.3 Å². The number of fused-ring (bicyclic) bond motifs is 3. The predicted molar refractivity (Wildman–Crippen MR) is 80.8 cm³/mol. The molecule has 0 N–H and O–H groups in total. The summed E-state index contributed by atoms with van der Waals surface area (Å²) < 4.78 is 13.3. The molecule has 106 valence electrons. The van der Waals surface area contributed by atoms with Crippen LogP contribution in [-0.4, -0.2) is 18.8 Å². The topological polar surface area (TPSA) is 23.4 Å². The molecule has 0 saturated heterocycles. The molecular weight excluding hydrogens is 250 g/mol. The van der Waals surface area contributed by atoms with Crippen LogP contribution in [0.4, 0.5) is 0 Å². The van der Waals surface area contributed by atoms with E-state index in [2.05, 4.69) is 42.7 Å². The van der Waals surface area contributed by atoms with Crippen molar-refractivity contribution in [3.05, 3.63) is 35.5 Å². The van der Waals surface area contributed by atoms with E-state index >= 15 is 0 Å². The standard InChI is InChI=1S/C17H21NO2/c1-11(2)14-5-6-15-13-10-17(20-4)16(19-3)9-12(13)7-8-18(14)15/h5-6,9-11H,7-8H2,1-4H3. The molecule has 3 nitrogen and oxygen atoms in total. The van der Waals surface area contributed by atoms with Crippen LogP contribution >= 0.6 is 0 Å². The summed E-state index contributed by atoms with van der Waals surface area (Å²) in [6.07, 6.45) is 1.04. The van der Waals surface area contributed by atoms with Gasteiger partial charge in [0.2, 0.25) is 0 Å². The molecule has 1 aromatic carbocycles. The molecule has 0 amide bonds. The van der Waals surface area contributed by atoms with Gasteiger partial charge >= 0.3 is 0 Å². The lowest BCUT2D eigenvalue weighted by atomic mass is 9.97. The number of rotatable bonds is 3. The largest absolute Gasteiger partial charge is 0.493 e. The van der Waals surface area contributed by atoms with E-state index in [-0.39, 0.29) is 0 Å². The number of methoxy groups -OCH3 is 2. The van der Waals surface area contributed by atoms with Gasteiger partial charge in [-0.05, 0) is 42.2 Å². The number of nitrogens with zero attached hydrogens (tertiary/aromatic N) is 1. The Hall–Kier alpha value is -1.90. The molecule has 0 unspecified atom stereocenters. The van der Waals surface area contributed by atoms with Gasteiger partial charge in [-0.2, -0.15) is 0 Å². The lowest BCUT2D eigenvalue weighted by Gasteiger charge is -2.24. The summed E-state index contributed by atoms with van der Waals surface area (Å²) in [7, 11) is 3.37. The Morgan fingerprint density at radius 1 is 1.05 bits per heavy atom. The van der Waals surface area contributed by atoms with Gasteiger partial charge < -0.3 is 14.0 Å². The molecule has 0 aliphatic carbocycles. The Morgan fingerprint density at radius 3 is 2.40 bits per heavy atom. The van der Waals surface area contributed by atoms with Crippen molar-refractivity contribution in [1.82, 2.24) is 4.57 Å². The quantitative estimate of drug-likeness (QED) is 0.846. The van der Waals surface area contributed by atoms with Crippen molar-refractivity contribution in [1.29, 1.82) is 0 Å². The van der Waals surface area contributed by atoms with Gasteiger partial charge in [0, 0.05) is 23.5 Å². The second kappa shape index (κ2) is 4.89. The first kappa shape index (κ1) is 13.1. The van der Waals surface area contributed by atoms with Crippen LogP contribution in [0, 0.1) is 0 Å². The van der Waals surface area contributed by atoms with Gasteiger partial charge in [0.1, 0.15) is 0 Å². The first-order valence-corrected chi connectivity index (χ1v) is 7.10. The fraction of sp³-hybridized carbons (Fsp3) is 0.412. The van der Waals surface area contributed by atoms with Crippen LogP contribution in [0.3, 0.4) is 0 Å². The highest BCUT2D eigenvalue weighted by atomic mass is 16.5. The third kappa shape index (κ3) is 1.89. The molecule has 20 heavy (non-hydrogen) atoms. The third-order valence-corrected chi connectivity index (χ3v) is 4.10. The van der Waals surface area contributed by atoms with Crippen LogP contribution in [0.1, 0.15) is 31.0 Å². The lowest BCUT2D eigenvalue weighted by molar-refractivity contribution is 0.354. The van der Waals surface area contributed by atoms with Crippen molar-refractivity contribution < 1.29 is 9.47 Å². The molecule has 0 spiro atoms. The van der Waals surface area contributed by atoms with Crippen molar-refractivity contribution in [2.75, 3.05) is 14.2 Å². The molecule has 3 rings (SSSR count). The maximum atomic E-state index is 5.44. The van der Waals surface area contributed by atoms with E-state index in [4.69, 9.17) is 9.47 Å². The zero-order valence-corrected chi connectivity index (χ0v) is 12.6. The highest BCUT2D eigenvalue weighted by Gasteiger charge is 2.21. The lowest BCUT2D eigenvalue weighted by Crippen LogP contribution is -2.14. The van der Waals surface area contributed by atoms with E-state index in [9.17, 15) is 0 Å². The van der Waals surface area contributed by atoms with Crippen molar-refractivity contribution in [3.8, 4) is 22.8 Å². The summed E-state index contributed by atoms with van der Waals surface area (Å²) in [5, 5.41) is 0. The van der Waals surface area contributed by atoms with Crippen LogP contribution in [0.25, 0.3) is 11.3 Å². The molecule has 1 aliphatic heterocycles. The Bertz CT molecular complexity index is 641. The van der Waals surface area contributed by atoms with Crippen molar-refractivity contribution in [2.45, 2.75) is 32.7 Å². The normalized spacial score (nSPS) is 13.1. The van der Waals surface area contributed by atoms with Crippen LogP contribution in [-0.2, 0) is 13.0 Å². The Balaban J connectivity index is 2.16. The van der Waals surface area contributed by atoms with Gasteiger partial charge in [0.15, 0.2) is 11.5 Å². The van der Waals surface area contributed by atoms with Gasteiger partial charge in [-0.1, -0.05) is 13.8 Å². The smallest absolute Gasteiger partial charge is 0.161 e. The van der Waals surface area contributed by atoms with E-state index in [0.29, 0.717) is 5.92 Å². The molecule has 1 aliphatic rings. The molecule has 2 heterocycles. The van der Waals surface area contributed by atoms with Crippen LogP contribution in [0.5, 0.6) is 11.5 Å². The van der Waals surface area contributed by atoms with E-state index in [0.717, 1.165) is 24.5 Å². The number of benzene rings is 1. The van der Waals surface area contributed by atoms with Crippen molar-refractivity contribution >= 4 is 0 Å². The average molecular weight is 271 g/mol. The van der Waals surface area contributed by atoms with Crippen LogP contribution < -0.4 is 9.47 Å². The summed E-state index contributed by atoms with van der Waals surface area (Å²) in [4.78, 5) is 0. The molecule has 1 aromatic heterocycles. The zero-order chi connectivity index (χ0) is 14.3. The van der Waals surface area contributed by atoms with E-state index in [1.165, 1.54) is 22.5 Å². The van der Waals surface area contributed by atoms with Gasteiger partial charge in [0.25, 0.3) is 0 Å². The maximum Gasteiger partial charge on any atom is 0.161 e. The van der Waals surface area contributed by atoms with Crippen molar-refractivity contribution in [2.24, 2.45) is 0 Å². The fourth-order valence-corrected chi connectivity index (χ4v) is 3.07. The predicted octanol–water partition coefficient (Wildman–Crippen LogP) is 3.85. The number of hydrogen-bond acceptors (Lipinski definition) is 2. The third-order valence-electron chi connectivity index (χ3n) is 4.10. The molecule has 0 fully saturated rings. The molecular formula is C17H21NO2. The fourth-order valence-electron chi connectivity index (χ4n) is 3.07. The minimum atomic E-state index is 0.547. The second-order valence-electron chi connectivity index (χ2n) is 5.56. The Morgan fingerprint density at radius 2 is 1.75 bits per heavy atom. The number of hydrogen-bond donors (Lipinski definition) is 0. The molecule has 0 bridgehead atoms. The Labute approximate surface area is 120 Å². The average Bonchev–Trinajstić information content (AvgIpc) is 2.90. The first-order chi connectivity index (χ1) is 9.65. The second-order valence-corrected chi connectivity index (χ2v) is 5.56. The summed E-state index contributed by atoms with van der Waals surface area (Å²) >= 11 is 0. The summed E-state index contributed by atoms with van der Waals surface area (Å²) in [5.74, 6) is 2.16. The SMILES string of the molecule is COc1cc2c(cc1OC)-c1ccc(C(C)C)n1CC2. The minimum Gasteiger partial charge on any atom is -0.493 e. The van der Waals surface area contributed by atoms with E-state index in [1.54, 1.807) is 14.2 Å². The summed E-state index contributed by atoms with van der Waals surface area (Å²) in [5.41, 5.74) is 5.29. The van der Waals surface area contributed by atoms with E-state index < -0.39 is 0 Å². The zero-order valence-electron chi connectivity index (χ0n) is 12.6. The van der Waals surface area contributed by atoms with Gasteiger partial charge in [-0.15, -0.1) is 0 Å². The summed E-state index contributed by atoms with van der Waals surface area (Å²) in [6.45, 7) is 5.53. The highest BCUT2D eigenvalue weighted by molar-refractivity contribution is 5.71. The molecule has 0 saturated carbocycles. The van der Waals surface area contributed by atoms with Gasteiger partial charge in [-0.3, -0.25) is 0 Å². The maximum absolute atomic E-state index is 5.44. The number of aromatic nitrogens is 1. The summed E-state index contributed by atoms with van der Waals surface area (Å²) in [6, 6.07) is 8.67.